The van der Waals surface area contributed by atoms with Crippen LogP contribution in [0.5, 0.6) is 0 Å². The summed E-state index contributed by atoms with van der Waals surface area (Å²) in [6.07, 6.45) is 0. The number of para-hydroxylation sites is 1. The molecule has 164 valence electrons. The third-order valence-corrected chi connectivity index (χ3v) is 6.33. The van der Waals surface area contributed by atoms with Gasteiger partial charge in [-0.2, -0.15) is 0 Å². The molecule has 0 fully saturated rings. The van der Waals surface area contributed by atoms with E-state index in [9.17, 15) is 0 Å². The molecule has 0 bridgehead atoms. The maximum Gasteiger partial charge on any atom is 0.164 e. The Balaban J connectivity index is 1.56. The zero-order valence-electron chi connectivity index (χ0n) is 18.7. The average Bonchev–Trinajstić information content (AvgIpc) is 3.32. The van der Waals surface area contributed by atoms with Crippen LogP contribution >= 0.6 is 0 Å². The number of furan rings is 1. The average molecular weight is 450 g/mol. The zero-order valence-corrected chi connectivity index (χ0v) is 18.7. The van der Waals surface area contributed by atoms with E-state index in [1.807, 2.05) is 78.9 Å². The molecule has 2 aromatic heterocycles. The molecule has 35 heavy (non-hydrogen) atoms. The maximum absolute atomic E-state index is 6.28. The molecule has 0 amide bonds. The van der Waals surface area contributed by atoms with Gasteiger partial charge in [-0.25, -0.2) is 15.0 Å². The number of hydrogen-bond donors (Lipinski definition) is 0. The van der Waals surface area contributed by atoms with Crippen molar-refractivity contribution in [3.63, 3.8) is 0 Å². The highest BCUT2D eigenvalue weighted by molar-refractivity contribution is 6.21. The first-order valence-electron chi connectivity index (χ1n) is 11.6. The van der Waals surface area contributed by atoms with Crippen molar-refractivity contribution in [2.24, 2.45) is 0 Å². The van der Waals surface area contributed by atoms with Crippen LogP contribution < -0.4 is 0 Å². The van der Waals surface area contributed by atoms with E-state index in [0.717, 1.165) is 49.4 Å². The molecule has 4 heteroatoms. The van der Waals surface area contributed by atoms with Gasteiger partial charge in [0, 0.05) is 27.5 Å². The molecule has 2 heterocycles. The summed E-state index contributed by atoms with van der Waals surface area (Å²) in [5.74, 6) is 1.91. The van der Waals surface area contributed by atoms with Crippen LogP contribution in [0, 0.1) is 0 Å². The fraction of sp³-hybridized carbons (Fsp3) is 0. The van der Waals surface area contributed by atoms with Crippen LogP contribution in [-0.2, 0) is 0 Å². The highest BCUT2D eigenvalue weighted by Crippen LogP contribution is 2.39. The molecule has 4 nitrogen and oxygen atoms in total. The fourth-order valence-electron chi connectivity index (χ4n) is 4.70. The van der Waals surface area contributed by atoms with E-state index in [-0.39, 0.29) is 0 Å². The topological polar surface area (TPSA) is 51.8 Å². The lowest BCUT2D eigenvalue weighted by molar-refractivity contribution is 0.669. The SMILES string of the molecule is c1ccc(-c2nc(-c3ccccc3)nc(-c3cc4oc5ccccc5c4c4ccccc34)n2)cc1. The van der Waals surface area contributed by atoms with Gasteiger partial charge in [-0.15, -0.1) is 0 Å². The highest BCUT2D eigenvalue weighted by Gasteiger charge is 2.18. The van der Waals surface area contributed by atoms with E-state index < -0.39 is 0 Å². The molecular formula is C31H19N3O. The van der Waals surface area contributed by atoms with Crippen LogP contribution in [0.3, 0.4) is 0 Å². The third kappa shape index (κ3) is 3.27. The normalized spacial score (nSPS) is 11.4. The van der Waals surface area contributed by atoms with Crippen molar-refractivity contribution in [1.29, 1.82) is 0 Å². The number of nitrogens with zero attached hydrogens (tertiary/aromatic N) is 3. The molecule has 0 unspecified atom stereocenters. The van der Waals surface area contributed by atoms with Gasteiger partial charge in [0.25, 0.3) is 0 Å². The largest absolute Gasteiger partial charge is 0.456 e. The summed E-state index contributed by atoms with van der Waals surface area (Å²) in [6.45, 7) is 0. The molecule has 0 N–H and O–H groups in total. The van der Waals surface area contributed by atoms with Crippen molar-refractivity contribution in [1.82, 2.24) is 15.0 Å². The van der Waals surface area contributed by atoms with Crippen LogP contribution in [0.25, 0.3) is 66.9 Å². The zero-order chi connectivity index (χ0) is 23.2. The van der Waals surface area contributed by atoms with Crippen molar-refractivity contribution in [2.75, 3.05) is 0 Å². The Morgan fingerprint density at radius 1 is 0.429 bits per heavy atom. The van der Waals surface area contributed by atoms with Crippen LogP contribution in [0.2, 0.25) is 0 Å². The lowest BCUT2D eigenvalue weighted by Crippen LogP contribution is -2.00. The monoisotopic (exact) mass is 449 g/mol. The van der Waals surface area contributed by atoms with E-state index >= 15 is 0 Å². The van der Waals surface area contributed by atoms with Crippen molar-refractivity contribution in [3.05, 3.63) is 115 Å². The lowest BCUT2D eigenvalue weighted by atomic mass is 9.98. The van der Waals surface area contributed by atoms with Gasteiger partial charge in [-0.1, -0.05) is 103 Å². The molecule has 0 spiro atoms. The first-order chi connectivity index (χ1) is 17.3. The molecule has 0 saturated heterocycles. The standard InChI is InChI=1S/C31H19N3O/c1-3-11-20(12-4-1)29-32-30(21-13-5-2-6-14-21)34-31(33-29)25-19-27-28(23-16-8-7-15-22(23)25)24-17-9-10-18-26(24)35-27/h1-19H. The van der Waals surface area contributed by atoms with Gasteiger partial charge in [0.15, 0.2) is 17.5 Å². The Bertz CT molecular complexity index is 1780. The Hall–Kier alpha value is -4.83. The van der Waals surface area contributed by atoms with E-state index in [4.69, 9.17) is 19.4 Å². The van der Waals surface area contributed by atoms with E-state index in [2.05, 4.69) is 36.4 Å². The van der Waals surface area contributed by atoms with E-state index in [0.29, 0.717) is 17.5 Å². The first kappa shape index (κ1) is 19.6. The number of benzene rings is 5. The Morgan fingerprint density at radius 2 is 0.943 bits per heavy atom. The molecule has 0 aliphatic rings. The molecule has 7 aromatic rings. The second-order valence-corrected chi connectivity index (χ2v) is 8.48. The van der Waals surface area contributed by atoms with Crippen molar-refractivity contribution in [3.8, 4) is 34.2 Å². The molecule has 0 aliphatic heterocycles. The summed E-state index contributed by atoms with van der Waals surface area (Å²) in [5.41, 5.74) is 4.51. The van der Waals surface area contributed by atoms with Crippen LogP contribution in [0.1, 0.15) is 0 Å². The second-order valence-electron chi connectivity index (χ2n) is 8.48. The fourth-order valence-corrected chi connectivity index (χ4v) is 4.70. The van der Waals surface area contributed by atoms with E-state index in [1.54, 1.807) is 0 Å². The van der Waals surface area contributed by atoms with Gasteiger partial charge >= 0.3 is 0 Å². The lowest BCUT2D eigenvalue weighted by Gasteiger charge is -2.11. The first-order valence-corrected chi connectivity index (χ1v) is 11.6. The van der Waals surface area contributed by atoms with Gasteiger partial charge in [0.2, 0.25) is 0 Å². The molecule has 5 aromatic carbocycles. The van der Waals surface area contributed by atoms with Gasteiger partial charge in [-0.05, 0) is 22.9 Å². The summed E-state index contributed by atoms with van der Waals surface area (Å²) >= 11 is 0. The summed E-state index contributed by atoms with van der Waals surface area (Å²) in [6, 6.07) is 38.7. The van der Waals surface area contributed by atoms with Crippen LogP contribution in [-0.4, -0.2) is 15.0 Å². The molecule has 0 saturated carbocycles. The number of fused-ring (bicyclic) bond motifs is 5. The summed E-state index contributed by atoms with van der Waals surface area (Å²) in [5, 5.41) is 4.42. The molecule has 0 radical (unpaired) electrons. The predicted octanol–water partition coefficient (Wildman–Crippen LogP) is 7.93. The van der Waals surface area contributed by atoms with Gasteiger partial charge in [-0.3, -0.25) is 0 Å². The van der Waals surface area contributed by atoms with Crippen molar-refractivity contribution >= 4 is 32.7 Å². The van der Waals surface area contributed by atoms with Crippen molar-refractivity contribution < 1.29 is 4.42 Å². The minimum absolute atomic E-state index is 0.622. The molecule has 7 rings (SSSR count). The predicted molar refractivity (Wildman–Crippen MR) is 141 cm³/mol. The Morgan fingerprint density at radius 3 is 1.60 bits per heavy atom. The van der Waals surface area contributed by atoms with Crippen molar-refractivity contribution in [2.45, 2.75) is 0 Å². The minimum Gasteiger partial charge on any atom is -0.456 e. The quantitative estimate of drug-likeness (QED) is 0.275. The number of hydrogen-bond acceptors (Lipinski definition) is 4. The molecule has 0 aliphatic carbocycles. The third-order valence-electron chi connectivity index (χ3n) is 6.33. The summed E-state index contributed by atoms with van der Waals surface area (Å²) in [4.78, 5) is 14.7. The van der Waals surface area contributed by atoms with Gasteiger partial charge < -0.3 is 4.42 Å². The summed E-state index contributed by atoms with van der Waals surface area (Å²) < 4.78 is 6.28. The highest BCUT2D eigenvalue weighted by atomic mass is 16.3. The Kier molecular flexibility index (Phi) is 4.42. The number of rotatable bonds is 3. The van der Waals surface area contributed by atoms with Crippen LogP contribution in [0.15, 0.2) is 120 Å². The second kappa shape index (κ2) is 7.89. The molecular weight excluding hydrogens is 430 g/mol. The smallest absolute Gasteiger partial charge is 0.164 e. The maximum atomic E-state index is 6.28. The van der Waals surface area contributed by atoms with Crippen LogP contribution in [0.4, 0.5) is 0 Å². The minimum atomic E-state index is 0.622. The summed E-state index contributed by atoms with van der Waals surface area (Å²) in [7, 11) is 0. The van der Waals surface area contributed by atoms with Gasteiger partial charge in [0.05, 0.1) is 0 Å². The molecule has 0 atom stereocenters. The van der Waals surface area contributed by atoms with Gasteiger partial charge in [0.1, 0.15) is 11.2 Å². The number of aromatic nitrogens is 3. The van der Waals surface area contributed by atoms with E-state index in [1.165, 1.54) is 0 Å². The Labute approximate surface area is 201 Å².